The quantitative estimate of drug-likeness (QED) is 0.417. The van der Waals surface area contributed by atoms with Gasteiger partial charge in [0, 0.05) is 17.8 Å². The Morgan fingerprint density at radius 2 is 1.50 bits per heavy atom. The minimum Gasteiger partial charge on any atom is -0.358 e. The molecule has 0 spiro atoms. The predicted octanol–water partition coefficient (Wildman–Crippen LogP) is 4.84. The van der Waals surface area contributed by atoms with Crippen molar-refractivity contribution in [2.45, 2.75) is 40.8 Å². The Morgan fingerprint density at radius 3 is 2.19 bits per heavy atom. The van der Waals surface area contributed by atoms with Crippen molar-refractivity contribution in [3.8, 4) is 5.69 Å². The van der Waals surface area contributed by atoms with Crippen molar-refractivity contribution in [3.05, 3.63) is 94.6 Å². The number of aryl methyl sites for hydroxylation is 2. The van der Waals surface area contributed by atoms with E-state index in [2.05, 4.69) is 48.7 Å². The van der Waals surface area contributed by atoms with E-state index in [9.17, 15) is 0 Å². The topological polar surface area (TPSA) is 59.7 Å². The highest BCUT2D eigenvalue weighted by molar-refractivity contribution is 7.80. The lowest BCUT2D eigenvalue weighted by Crippen LogP contribution is -2.28. The highest BCUT2D eigenvalue weighted by atomic mass is 32.1. The lowest BCUT2D eigenvalue weighted by molar-refractivity contribution is 0.659. The first-order valence-electron chi connectivity index (χ1n) is 10.7. The molecule has 0 unspecified atom stereocenters. The van der Waals surface area contributed by atoms with Gasteiger partial charge in [-0.2, -0.15) is 10.2 Å². The van der Waals surface area contributed by atoms with Gasteiger partial charge in [-0.05, 0) is 57.6 Å². The molecule has 32 heavy (non-hydrogen) atoms. The molecule has 2 N–H and O–H groups in total. The maximum absolute atomic E-state index is 5.59. The van der Waals surface area contributed by atoms with Crippen LogP contribution in [0.25, 0.3) is 5.69 Å². The van der Waals surface area contributed by atoms with Crippen molar-refractivity contribution < 1.29 is 0 Å². The number of hydrogen-bond acceptors (Lipinski definition) is 3. The monoisotopic (exact) mass is 444 g/mol. The zero-order chi connectivity index (χ0) is 22.7. The van der Waals surface area contributed by atoms with E-state index >= 15 is 0 Å². The molecule has 0 aliphatic heterocycles. The van der Waals surface area contributed by atoms with E-state index in [0.29, 0.717) is 11.7 Å². The molecule has 7 heteroatoms. The summed E-state index contributed by atoms with van der Waals surface area (Å²) in [7, 11) is 0. The number of rotatable bonds is 6. The van der Waals surface area contributed by atoms with Gasteiger partial charge in [0.25, 0.3) is 0 Å². The summed E-state index contributed by atoms with van der Waals surface area (Å²) in [4.78, 5) is 0. The summed E-state index contributed by atoms with van der Waals surface area (Å²) in [5, 5.41) is 16.7. The third-order valence-electron chi connectivity index (χ3n) is 5.66. The Kier molecular flexibility index (Phi) is 6.37. The van der Waals surface area contributed by atoms with Gasteiger partial charge in [-0.15, -0.1) is 0 Å². The zero-order valence-electron chi connectivity index (χ0n) is 18.9. The maximum atomic E-state index is 5.59. The molecule has 0 saturated carbocycles. The smallest absolute Gasteiger partial charge is 0.171 e. The standard InChI is InChI=1S/C25H28N6S/c1-17-23(19(3)31(29-17)22-13-9-6-10-14-22)15-26-25(32)27-24-18(2)28-30(20(24)4)16-21-11-7-5-8-12-21/h5-14H,15-16H2,1-4H3,(H2,26,27,32). The van der Waals surface area contributed by atoms with Gasteiger partial charge in [0.2, 0.25) is 0 Å². The lowest BCUT2D eigenvalue weighted by Gasteiger charge is -2.12. The van der Waals surface area contributed by atoms with E-state index in [4.69, 9.17) is 22.4 Å². The van der Waals surface area contributed by atoms with Crippen LogP contribution in [0.2, 0.25) is 0 Å². The van der Waals surface area contributed by atoms with Crippen molar-refractivity contribution in [2.24, 2.45) is 0 Å². The van der Waals surface area contributed by atoms with Gasteiger partial charge in [-0.1, -0.05) is 48.5 Å². The number of nitrogens with zero attached hydrogens (tertiary/aromatic N) is 4. The van der Waals surface area contributed by atoms with Crippen molar-refractivity contribution in [1.82, 2.24) is 24.9 Å². The Balaban J connectivity index is 1.44. The molecule has 2 heterocycles. The fourth-order valence-electron chi connectivity index (χ4n) is 3.87. The van der Waals surface area contributed by atoms with E-state index in [-0.39, 0.29) is 0 Å². The Labute approximate surface area is 194 Å². The minimum absolute atomic E-state index is 0.571. The van der Waals surface area contributed by atoms with Gasteiger partial charge >= 0.3 is 0 Å². The minimum atomic E-state index is 0.571. The van der Waals surface area contributed by atoms with Crippen molar-refractivity contribution in [1.29, 1.82) is 0 Å². The number of para-hydroxylation sites is 1. The van der Waals surface area contributed by atoms with Crippen molar-refractivity contribution in [3.63, 3.8) is 0 Å². The third kappa shape index (κ3) is 4.57. The number of hydrogen-bond donors (Lipinski definition) is 2. The summed E-state index contributed by atoms with van der Waals surface area (Å²) in [6.07, 6.45) is 0. The lowest BCUT2D eigenvalue weighted by atomic mass is 10.2. The number of aromatic nitrogens is 4. The zero-order valence-corrected chi connectivity index (χ0v) is 19.7. The summed E-state index contributed by atoms with van der Waals surface area (Å²) >= 11 is 5.59. The second kappa shape index (κ2) is 9.36. The van der Waals surface area contributed by atoms with Gasteiger partial charge in [-0.3, -0.25) is 4.68 Å². The molecule has 4 aromatic rings. The van der Waals surface area contributed by atoms with Gasteiger partial charge in [0.15, 0.2) is 5.11 Å². The number of anilines is 1. The average molecular weight is 445 g/mol. The number of benzene rings is 2. The molecule has 0 amide bonds. The average Bonchev–Trinajstić information content (AvgIpc) is 3.23. The molecular weight excluding hydrogens is 416 g/mol. The van der Waals surface area contributed by atoms with Gasteiger partial charge in [-0.25, -0.2) is 4.68 Å². The summed E-state index contributed by atoms with van der Waals surface area (Å²) in [6, 6.07) is 20.5. The summed E-state index contributed by atoms with van der Waals surface area (Å²) < 4.78 is 3.98. The summed E-state index contributed by atoms with van der Waals surface area (Å²) in [6.45, 7) is 9.51. The molecule has 0 fully saturated rings. The fourth-order valence-corrected chi connectivity index (χ4v) is 4.04. The summed E-state index contributed by atoms with van der Waals surface area (Å²) in [5.74, 6) is 0. The highest BCUT2D eigenvalue weighted by Crippen LogP contribution is 2.21. The van der Waals surface area contributed by atoms with Gasteiger partial charge < -0.3 is 10.6 Å². The molecule has 0 radical (unpaired) electrons. The predicted molar refractivity (Wildman–Crippen MR) is 133 cm³/mol. The highest BCUT2D eigenvalue weighted by Gasteiger charge is 2.15. The molecule has 0 aliphatic carbocycles. The molecule has 2 aromatic carbocycles. The van der Waals surface area contributed by atoms with Crippen LogP contribution in [0.4, 0.5) is 5.69 Å². The maximum Gasteiger partial charge on any atom is 0.171 e. The molecule has 0 bridgehead atoms. The van der Waals surface area contributed by atoms with Gasteiger partial charge in [0.1, 0.15) is 0 Å². The Morgan fingerprint density at radius 1 is 0.844 bits per heavy atom. The van der Waals surface area contributed by atoms with Crippen LogP contribution in [-0.2, 0) is 13.1 Å². The molecule has 6 nitrogen and oxygen atoms in total. The van der Waals surface area contributed by atoms with Crippen LogP contribution in [-0.4, -0.2) is 24.7 Å². The Hall–Kier alpha value is -3.45. The normalized spacial score (nSPS) is 10.9. The molecule has 4 rings (SSSR count). The molecule has 0 aliphatic rings. The summed E-state index contributed by atoms with van der Waals surface area (Å²) in [5.41, 5.74) is 8.44. The molecule has 0 saturated heterocycles. The molecule has 0 atom stereocenters. The van der Waals surface area contributed by atoms with E-state index in [1.54, 1.807) is 0 Å². The largest absolute Gasteiger partial charge is 0.358 e. The van der Waals surface area contributed by atoms with E-state index in [0.717, 1.165) is 46.3 Å². The van der Waals surface area contributed by atoms with Crippen molar-refractivity contribution >= 4 is 23.0 Å². The first-order chi connectivity index (χ1) is 15.4. The van der Waals surface area contributed by atoms with Crippen LogP contribution in [0.5, 0.6) is 0 Å². The van der Waals surface area contributed by atoms with E-state index in [1.807, 2.05) is 59.6 Å². The first kappa shape index (κ1) is 21.8. The van der Waals surface area contributed by atoms with Crippen LogP contribution in [0.1, 0.15) is 33.9 Å². The van der Waals surface area contributed by atoms with E-state index in [1.165, 1.54) is 5.56 Å². The number of thiocarbonyl (C=S) groups is 1. The molecule has 164 valence electrons. The SMILES string of the molecule is Cc1nn(-c2ccccc2)c(C)c1CNC(=S)Nc1c(C)nn(Cc2ccccc2)c1C. The van der Waals surface area contributed by atoms with E-state index < -0.39 is 0 Å². The van der Waals surface area contributed by atoms with Crippen LogP contribution < -0.4 is 10.6 Å². The fraction of sp³-hybridized carbons (Fsp3) is 0.240. The van der Waals surface area contributed by atoms with Crippen LogP contribution in [0, 0.1) is 27.7 Å². The third-order valence-corrected chi connectivity index (χ3v) is 5.91. The van der Waals surface area contributed by atoms with Crippen LogP contribution in [0.15, 0.2) is 60.7 Å². The van der Waals surface area contributed by atoms with Gasteiger partial charge in [0.05, 0.1) is 35.0 Å². The molecular formula is C25H28N6S. The molecule has 2 aromatic heterocycles. The first-order valence-corrected chi connectivity index (χ1v) is 11.1. The Bertz CT molecular complexity index is 1220. The van der Waals surface area contributed by atoms with Crippen LogP contribution in [0.3, 0.4) is 0 Å². The van der Waals surface area contributed by atoms with Crippen LogP contribution >= 0.6 is 12.2 Å². The number of nitrogens with one attached hydrogen (secondary N) is 2. The van der Waals surface area contributed by atoms with Crippen molar-refractivity contribution in [2.75, 3.05) is 5.32 Å². The second-order valence-corrected chi connectivity index (χ2v) is 8.30. The second-order valence-electron chi connectivity index (χ2n) is 7.89.